The number of benzene rings is 1. The normalized spacial score (nSPS) is 24.4. The summed E-state index contributed by atoms with van der Waals surface area (Å²) in [5, 5.41) is 21.7. The predicted octanol–water partition coefficient (Wildman–Crippen LogP) is 2.72. The first-order valence-corrected chi connectivity index (χ1v) is 5.63. The van der Waals surface area contributed by atoms with Crippen LogP contribution in [0.2, 0.25) is 0 Å². The molecule has 2 rings (SSSR count). The van der Waals surface area contributed by atoms with Crippen LogP contribution in [0.15, 0.2) is 12.1 Å². The van der Waals surface area contributed by atoms with Gasteiger partial charge in [0.15, 0.2) is 11.5 Å². The predicted molar refractivity (Wildman–Crippen MR) is 59.4 cm³/mol. The summed E-state index contributed by atoms with van der Waals surface area (Å²) in [7, 11) is 0. The molecule has 1 saturated heterocycles. The monoisotopic (exact) mass is 261 g/mol. The lowest BCUT2D eigenvalue weighted by atomic mass is 9.86. The van der Waals surface area contributed by atoms with E-state index >= 15 is 0 Å². The third kappa shape index (κ3) is 2.12. The standard InChI is InChI=1S/C12H14F3NO2/c1-11(3-2-4-16-11)7-5-9(17)10(18)6-8(7)12(13,14)15/h5-6,16-18H,2-4H2,1H3. The Balaban J connectivity index is 2.61. The van der Waals surface area contributed by atoms with Crippen LogP contribution in [0.25, 0.3) is 0 Å². The maximum absolute atomic E-state index is 13.0. The van der Waals surface area contributed by atoms with Gasteiger partial charge in [0, 0.05) is 5.54 Å². The molecule has 0 bridgehead atoms. The number of nitrogens with one attached hydrogen (secondary N) is 1. The number of phenols is 2. The zero-order chi connectivity index (χ0) is 13.6. The van der Waals surface area contributed by atoms with Gasteiger partial charge >= 0.3 is 6.18 Å². The molecule has 0 amide bonds. The fourth-order valence-electron chi connectivity index (χ4n) is 2.39. The lowest BCUT2D eigenvalue weighted by molar-refractivity contribution is -0.139. The average Bonchev–Trinajstić information content (AvgIpc) is 2.68. The maximum Gasteiger partial charge on any atom is 0.416 e. The number of aromatic hydroxyl groups is 2. The third-order valence-electron chi connectivity index (χ3n) is 3.38. The Kier molecular flexibility index (Phi) is 2.93. The number of halogens is 3. The molecule has 100 valence electrons. The van der Waals surface area contributed by atoms with Crippen LogP contribution in [0.4, 0.5) is 13.2 Å². The lowest BCUT2D eigenvalue weighted by Crippen LogP contribution is -2.35. The van der Waals surface area contributed by atoms with E-state index in [1.165, 1.54) is 0 Å². The van der Waals surface area contributed by atoms with Crippen LogP contribution < -0.4 is 5.32 Å². The first-order valence-electron chi connectivity index (χ1n) is 5.63. The van der Waals surface area contributed by atoms with Crippen molar-refractivity contribution in [3.8, 4) is 11.5 Å². The zero-order valence-electron chi connectivity index (χ0n) is 9.80. The van der Waals surface area contributed by atoms with Crippen LogP contribution >= 0.6 is 0 Å². The second-order valence-electron chi connectivity index (χ2n) is 4.75. The fraction of sp³-hybridized carbons (Fsp3) is 0.500. The quantitative estimate of drug-likeness (QED) is 0.681. The molecule has 0 aromatic heterocycles. The van der Waals surface area contributed by atoms with E-state index in [1.807, 2.05) is 0 Å². The molecule has 1 aliphatic rings. The molecule has 0 radical (unpaired) electrons. The van der Waals surface area contributed by atoms with Gasteiger partial charge in [0.05, 0.1) is 5.56 Å². The topological polar surface area (TPSA) is 52.5 Å². The third-order valence-corrected chi connectivity index (χ3v) is 3.38. The van der Waals surface area contributed by atoms with Crippen LogP contribution in [0.3, 0.4) is 0 Å². The Morgan fingerprint density at radius 2 is 1.83 bits per heavy atom. The first-order chi connectivity index (χ1) is 8.24. The summed E-state index contributed by atoms with van der Waals surface area (Å²) in [6, 6.07) is 1.58. The summed E-state index contributed by atoms with van der Waals surface area (Å²) >= 11 is 0. The lowest BCUT2D eigenvalue weighted by Gasteiger charge is -2.28. The molecule has 0 saturated carbocycles. The largest absolute Gasteiger partial charge is 0.504 e. The van der Waals surface area contributed by atoms with E-state index in [0.717, 1.165) is 12.5 Å². The number of hydrogen-bond donors (Lipinski definition) is 3. The van der Waals surface area contributed by atoms with Crippen molar-refractivity contribution in [2.24, 2.45) is 0 Å². The summed E-state index contributed by atoms with van der Waals surface area (Å²) in [5.41, 5.74) is -1.76. The molecule has 1 aromatic carbocycles. The van der Waals surface area contributed by atoms with Gasteiger partial charge in [-0.25, -0.2) is 0 Å². The van der Waals surface area contributed by atoms with Gasteiger partial charge in [-0.1, -0.05) is 0 Å². The van der Waals surface area contributed by atoms with Gasteiger partial charge in [-0.05, 0) is 44.0 Å². The summed E-state index contributed by atoms with van der Waals surface area (Å²) in [4.78, 5) is 0. The average molecular weight is 261 g/mol. The molecule has 6 heteroatoms. The minimum atomic E-state index is -4.56. The highest BCUT2D eigenvalue weighted by atomic mass is 19.4. The highest BCUT2D eigenvalue weighted by molar-refractivity contribution is 5.49. The molecule has 1 heterocycles. The van der Waals surface area contributed by atoms with Gasteiger partial charge in [-0.2, -0.15) is 13.2 Å². The molecule has 18 heavy (non-hydrogen) atoms. The van der Waals surface area contributed by atoms with Crippen molar-refractivity contribution < 1.29 is 23.4 Å². The summed E-state index contributed by atoms with van der Waals surface area (Å²) in [5.74, 6) is -1.29. The van der Waals surface area contributed by atoms with E-state index in [1.54, 1.807) is 6.92 Å². The van der Waals surface area contributed by atoms with Gasteiger partial charge in [-0.15, -0.1) is 0 Å². The summed E-state index contributed by atoms with van der Waals surface area (Å²) in [6.07, 6.45) is -3.23. The van der Waals surface area contributed by atoms with E-state index in [-0.39, 0.29) is 5.56 Å². The highest BCUT2D eigenvalue weighted by Gasteiger charge is 2.41. The minimum Gasteiger partial charge on any atom is -0.504 e. The van der Waals surface area contributed by atoms with Crippen molar-refractivity contribution in [1.29, 1.82) is 0 Å². The van der Waals surface area contributed by atoms with Crippen LogP contribution in [-0.2, 0) is 11.7 Å². The first kappa shape index (κ1) is 13.0. The van der Waals surface area contributed by atoms with Gasteiger partial charge in [0.25, 0.3) is 0 Å². The number of alkyl halides is 3. The van der Waals surface area contributed by atoms with E-state index < -0.39 is 28.8 Å². The number of hydrogen-bond acceptors (Lipinski definition) is 3. The second kappa shape index (κ2) is 4.05. The SMILES string of the molecule is CC1(c2cc(O)c(O)cc2C(F)(F)F)CCCN1. The summed E-state index contributed by atoms with van der Waals surface area (Å²) < 4.78 is 38.9. The fourth-order valence-corrected chi connectivity index (χ4v) is 2.39. The maximum atomic E-state index is 13.0. The Hall–Kier alpha value is -1.43. The van der Waals surface area contributed by atoms with E-state index in [0.29, 0.717) is 19.0 Å². The molecule has 1 unspecified atom stereocenters. The molecule has 0 aliphatic carbocycles. The van der Waals surface area contributed by atoms with Crippen molar-refractivity contribution >= 4 is 0 Å². The van der Waals surface area contributed by atoms with Crippen molar-refractivity contribution in [3.05, 3.63) is 23.3 Å². The number of phenolic OH excluding ortho intramolecular Hbond substituents is 2. The van der Waals surface area contributed by atoms with Crippen LogP contribution in [0.5, 0.6) is 11.5 Å². The van der Waals surface area contributed by atoms with E-state index in [9.17, 15) is 23.4 Å². The van der Waals surface area contributed by atoms with Gasteiger partial charge in [0.2, 0.25) is 0 Å². The van der Waals surface area contributed by atoms with Crippen LogP contribution in [0, 0.1) is 0 Å². The molecule has 0 spiro atoms. The minimum absolute atomic E-state index is 0.0252. The Bertz CT molecular complexity index is 465. The van der Waals surface area contributed by atoms with Crippen LogP contribution in [-0.4, -0.2) is 16.8 Å². The smallest absolute Gasteiger partial charge is 0.416 e. The second-order valence-corrected chi connectivity index (χ2v) is 4.75. The molecule has 1 fully saturated rings. The molecule has 3 N–H and O–H groups in total. The van der Waals surface area contributed by atoms with Crippen molar-refractivity contribution in [2.75, 3.05) is 6.54 Å². The molecule has 1 aromatic rings. The van der Waals surface area contributed by atoms with Gasteiger partial charge < -0.3 is 15.5 Å². The number of rotatable bonds is 1. The van der Waals surface area contributed by atoms with Gasteiger partial charge in [-0.3, -0.25) is 0 Å². The molecular weight excluding hydrogens is 247 g/mol. The van der Waals surface area contributed by atoms with E-state index in [4.69, 9.17) is 0 Å². The van der Waals surface area contributed by atoms with E-state index in [2.05, 4.69) is 5.32 Å². The molecule has 1 atom stereocenters. The Labute approximate surface area is 102 Å². The van der Waals surface area contributed by atoms with Crippen molar-refractivity contribution in [2.45, 2.75) is 31.5 Å². The van der Waals surface area contributed by atoms with Crippen molar-refractivity contribution in [1.82, 2.24) is 5.32 Å². The Morgan fingerprint density at radius 3 is 2.33 bits per heavy atom. The molecular formula is C12H14F3NO2. The molecule has 1 aliphatic heterocycles. The molecule has 3 nitrogen and oxygen atoms in total. The van der Waals surface area contributed by atoms with Gasteiger partial charge in [0.1, 0.15) is 0 Å². The Morgan fingerprint density at radius 1 is 1.22 bits per heavy atom. The van der Waals surface area contributed by atoms with Crippen molar-refractivity contribution in [3.63, 3.8) is 0 Å². The zero-order valence-corrected chi connectivity index (χ0v) is 9.80. The summed E-state index contributed by atoms with van der Waals surface area (Å²) in [6.45, 7) is 2.30. The van der Waals surface area contributed by atoms with Crippen LogP contribution in [0.1, 0.15) is 30.9 Å². The highest BCUT2D eigenvalue weighted by Crippen LogP contribution is 2.44.